The van der Waals surface area contributed by atoms with Crippen LogP contribution >= 0.6 is 0 Å². The van der Waals surface area contributed by atoms with Crippen LogP contribution in [-0.2, 0) is 6.54 Å². The fourth-order valence-corrected chi connectivity index (χ4v) is 2.76. The first-order valence-corrected chi connectivity index (χ1v) is 5.81. The molecule has 2 atom stereocenters. The van der Waals surface area contributed by atoms with Crippen molar-refractivity contribution in [3.8, 4) is 6.07 Å². The molecule has 0 radical (unpaired) electrons. The number of rotatable bonds is 2. The SMILES string of the molecule is N#Cc1ccc(CN2C[C@H]3C[C@H]2CN3)cc1. The van der Waals surface area contributed by atoms with Crippen molar-refractivity contribution >= 4 is 0 Å². The first kappa shape index (κ1) is 9.83. The molecule has 2 bridgehead atoms. The van der Waals surface area contributed by atoms with Gasteiger partial charge < -0.3 is 5.32 Å². The lowest BCUT2D eigenvalue weighted by Crippen LogP contribution is -2.42. The van der Waals surface area contributed by atoms with Crippen molar-refractivity contribution < 1.29 is 0 Å². The Morgan fingerprint density at radius 3 is 2.75 bits per heavy atom. The molecule has 0 amide bonds. The molecule has 3 rings (SSSR count). The van der Waals surface area contributed by atoms with Gasteiger partial charge in [-0.1, -0.05) is 12.1 Å². The third-order valence-electron chi connectivity index (χ3n) is 3.64. The lowest BCUT2D eigenvalue weighted by atomic mass is 10.1. The number of benzene rings is 1. The minimum atomic E-state index is 0.711. The highest BCUT2D eigenvalue weighted by atomic mass is 15.3. The molecule has 2 saturated heterocycles. The molecule has 0 aliphatic carbocycles. The molecular weight excluding hydrogens is 198 g/mol. The van der Waals surface area contributed by atoms with E-state index in [1.807, 2.05) is 12.1 Å². The van der Waals surface area contributed by atoms with Crippen LogP contribution in [0.1, 0.15) is 17.5 Å². The molecule has 16 heavy (non-hydrogen) atoms. The van der Waals surface area contributed by atoms with Crippen molar-refractivity contribution in [3.05, 3.63) is 35.4 Å². The maximum Gasteiger partial charge on any atom is 0.0991 e. The standard InChI is InChI=1S/C13H15N3/c14-6-10-1-3-11(4-2-10)8-16-9-12-5-13(16)7-15-12/h1-4,12-13,15H,5,7-9H2/t12-,13+/m1/s1. The zero-order valence-corrected chi connectivity index (χ0v) is 9.19. The van der Waals surface area contributed by atoms with Gasteiger partial charge in [-0.3, -0.25) is 4.90 Å². The molecule has 2 aliphatic rings. The molecule has 0 spiro atoms. The van der Waals surface area contributed by atoms with Crippen molar-refractivity contribution in [2.24, 2.45) is 0 Å². The van der Waals surface area contributed by atoms with Gasteiger partial charge >= 0.3 is 0 Å². The number of hydrogen-bond acceptors (Lipinski definition) is 3. The summed E-state index contributed by atoms with van der Waals surface area (Å²) in [5.74, 6) is 0. The van der Waals surface area contributed by atoms with Gasteiger partial charge in [0.1, 0.15) is 0 Å². The third-order valence-corrected chi connectivity index (χ3v) is 3.64. The van der Waals surface area contributed by atoms with Gasteiger partial charge in [0.15, 0.2) is 0 Å². The van der Waals surface area contributed by atoms with Crippen LogP contribution in [0, 0.1) is 11.3 Å². The second-order valence-corrected chi connectivity index (χ2v) is 4.73. The number of nitrogens with zero attached hydrogens (tertiary/aromatic N) is 2. The van der Waals surface area contributed by atoms with E-state index in [-0.39, 0.29) is 0 Å². The summed E-state index contributed by atoms with van der Waals surface area (Å²) in [7, 11) is 0. The van der Waals surface area contributed by atoms with Gasteiger partial charge in [0.2, 0.25) is 0 Å². The van der Waals surface area contributed by atoms with E-state index >= 15 is 0 Å². The molecular formula is C13H15N3. The topological polar surface area (TPSA) is 39.1 Å². The van der Waals surface area contributed by atoms with Crippen LogP contribution in [0.2, 0.25) is 0 Å². The van der Waals surface area contributed by atoms with Crippen LogP contribution < -0.4 is 5.32 Å². The molecule has 0 aromatic heterocycles. The highest BCUT2D eigenvalue weighted by Crippen LogP contribution is 2.24. The molecule has 0 saturated carbocycles. The quantitative estimate of drug-likeness (QED) is 0.799. The monoisotopic (exact) mass is 213 g/mol. The normalized spacial score (nSPS) is 28.2. The van der Waals surface area contributed by atoms with E-state index in [0.717, 1.165) is 24.7 Å². The maximum atomic E-state index is 8.73. The molecule has 2 aliphatic heterocycles. The summed E-state index contributed by atoms with van der Waals surface area (Å²) in [6, 6.07) is 11.5. The van der Waals surface area contributed by atoms with Crippen LogP contribution in [-0.4, -0.2) is 30.1 Å². The summed E-state index contributed by atoms with van der Waals surface area (Å²) < 4.78 is 0. The molecule has 1 aromatic carbocycles. The van der Waals surface area contributed by atoms with Crippen LogP contribution in [0.5, 0.6) is 0 Å². The number of nitrogens with one attached hydrogen (secondary N) is 1. The largest absolute Gasteiger partial charge is 0.311 e. The lowest BCUT2D eigenvalue weighted by Gasteiger charge is -2.27. The fourth-order valence-electron chi connectivity index (χ4n) is 2.76. The number of fused-ring (bicyclic) bond motifs is 2. The Morgan fingerprint density at radius 1 is 1.38 bits per heavy atom. The summed E-state index contributed by atoms with van der Waals surface area (Å²) in [5.41, 5.74) is 2.06. The fraction of sp³-hybridized carbons (Fsp3) is 0.462. The second-order valence-electron chi connectivity index (χ2n) is 4.73. The number of likely N-dealkylation sites (tertiary alicyclic amines) is 1. The molecule has 82 valence electrons. The van der Waals surface area contributed by atoms with Crippen molar-refractivity contribution in [2.75, 3.05) is 13.1 Å². The molecule has 0 unspecified atom stereocenters. The van der Waals surface area contributed by atoms with Gasteiger partial charge in [-0.2, -0.15) is 5.26 Å². The van der Waals surface area contributed by atoms with E-state index in [2.05, 4.69) is 28.4 Å². The highest BCUT2D eigenvalue weighted by molar-refractivity contribution is 5.31. The average molecular weight is 213 g/mol. The number of nitriles is 1. The number of hydrogen-bond donors (Lipinski definition) is 1. The third kappa shape index (κ3) is 1.71. The smallest absolute Gasteiger partial charge is 0.0991 e. The van der Waals surface area contributed by atoms with Gasteiger partial charge in [-0.15, -0.1) is 0 Å². The average Bonchev–Trinajstić information content (AvgIpc) is 2.92. The van der Waals surface area contributed by atoms with E-state index in [1.165, 1.54) is 18.5 Å². The summed E-state index contributed by atoms with van der Waals surface area (Å²) in [6.45, 7) is 3.33. The Kier molecular flexibility index (Phi) is 2.39. The van der Waals surface area contributed by atoms with Crippen LogP contribution in [0.25, 0.3) is 0 Å². The van der Waals surface area contributed by atoms with E-state index in [9.17, 15) is 0 Å². The molecule has 2 fully saturated rings. The summed E-state index contributed by atoms with van der Waals surface area (Å²) in [4.78, 5) is 2.54. The zero-order valence-electron chi connectivity index (χ0n) is 9.19. The Morgan fingerprint density at radius 2 is 2.19 bits per heavy atom. The second kappa shape index (κ2) is 3.89. The van der Waals surface area contributed by atoms with E-state index < -0.39 is 0 Å². The lowest BCUT2D eigenvalue weighted by molar-refractivity contribution is 0.218. The van der Waals surface area contributed by atoms with Crippen molar-refractivity contribution in [2.45, 2.75) is 25.0 Å². The van der Waals surface area contributed by atoms with Crippen LogP contribution in [0.15, 0.2) is 24.3 Å². The molecule has 3 heteroatoms. The van der Waals surface area contributed by atoms with E-state index in [4.69, 9.17) is 5.26 Å². The van der Waals surface area contributed by atoms with Crippen LogP contribution in [0.4, 0.5) is 0 Å². The summed E-state index contributed by atoms with van der Waals surface area (Å²) in [5, 5.41) is 12.2. The molecule has 3 nitrogen and oxygen atoms in total. The van der Waals surface area contributed by atoms with Gasteiger partial charge in [-0.25, -0.2) is 0 Å². The van der Waals surface area contributed by atoms with Gasteiger partial charge in [0.25, 0.3) is 0 Å². The predicted molar refractivity (Wildman–Crippen MR) is 61.8 cm³/mol. The summed E-state index contributed by atoms with van der Waals surface area (Å²) in [6.07, 6.45) is 1.30. The van der Waals surface area contributed by atoms with Gasteiger partial charge in [0.05, 0.1) is 11.6 Å². The minimum Gasteiger partial charge on any atom is -0.311 e. The molecule has 2 heterocycles. The predicted octanol–water partition coefficient (Wildman–Crippen LogP) is 1.10. The minimum absolute atomic E-state index is 0.711. The van der Waals surface area contributed by atoms with Gasteiger partial charge in [0, 0.05) is 31.7 Å². The maximum absolute atomic E-state index is 8.73. The van der Waals surface area contributed by atoms with Crippen molar-refractivity contribution in [3.63, 3.8) is 0 Å². The first-order chi connectivity index (χ1) is 7.85. The van der Waals surface area contributed by atoms with Gasteiger partial charge in [-0.05, 0) is 24.1 Å². The summed E-state index contributed by atoms with van der Waals surface area (Å²) >= 11 is 0. The first-order valence-electron chi connectivity index (χ1n) is 5.81. The van der Waals surface area contributed by atoms with Crippen molar-refractivity contribution in [1.82, 2.24) is 10.2 Å². The zero-order chi connectivity index (χ0) is 11.0. The number of piperazine rings is 1. The van der Waals surface area contributed by atoms with Crippen molar-refractivity contribution in [1.29, 1.82) is 5.26 Å². The van der Waals surface area contributed by atoms with Crippen LogP contribution in [0.3, 0.4) is 0 Å². The van der Waals surface area contributed by atoms with E-state index in [1.54, 1.807) is 0 Å². The molecule has 1 N–H and O–H groups in total. The van der Waals surface area contributed by atoms with E-state index in [0.29, 0.717) is 6.04 Å². The Labute approximate surface area is 95.7 Å². The Balaban J connectivity index is 1.68. The Hall–Kier alpha value is -1.37. The molecule has 1 aromatic rings. The Bertz CT molecular complexity index is 418. The highest BCUT2D eigenvalue weighted by Gasteiger charge is 2.37.